The number of ether oxygens (including phenoxy) is 3. The first-order valence-corrected chi connectivity index (χ1v) is 45.0. The van der Waals surface area contributed by atoms with Crippen LogP contribution in [0.3, 0.4) is 0 Å². The molecule has 0 spiro atoms. The topological polar surface area (TPSA) is 202 Å². The van der Waals surface area contributed by atoms with Crippen LogP contribution in [0.25, 0.3) is 66.5 Å². The Morgan fingerprint density at radius 3 is 0.832 bits per heavy atom. The summed E-state index contributed by atoms with van der Waals surface area (Å²) in [4.78, 5) is 67.8. The lowest BCUT2D eigenvalue weighted by Gasteiger charge is -2.59. The lowest BCUT2D eigenvalue weighted by Crippen LogP contribution is -2.61. The molecule has 12 heterocycles. The van der Waals surface area contributed by atoms with Gasteiger partial charge in [-0.1, -0.05) is 196 Å². The maximum Gasteiger partial charge on any atom is 0.481 e. The molecule has 0 saturated carbocycles. The lowest BCUT2D eigenvalue weighted by atomic mass is 9.68. The molecular weight excluding hydrogens is 1680 g/mol. The van der Waals surface area contributed by atoms with Crippen molar-refractivity contribution < 1.29 is 45.5 Å². The van der Waals surface area contributed by atoms with Gasteiger partial charge >= 0.3 is 7.82 Å². The Morgan fingerprint density at radius 2 is 0.608 bits per heavy atom. The monoisotopic (exact) mass is 1780 g/mol. The summed E-state index contributed by atoms with van der Waals surface area (Å²) in [5.74, 6) is -1.90. The number of halogens is 6. The Hall–Kier alpha value is -9.37. The van der Waals surface area contributed by atoms with E-state index in [1.165, 1.54) is 50.1 Å². The maximum atomic E-state index is 20.1. The summed E-state index contributed by atoms with van der Waals surface area (Å²) in [6, 6.07) is 30.2. The first-order chi connectivity index (χ1) is 58.8. The van der Waals surface area contributed by atoms with Crippen molar-refractivity contribution in [3.8, 4) is 33.4 Å². The third kappa shape index (κ3) is 16.5. The van der Waals surface area contributed by atoms with Crippen LogP contribution in [-0.2, 0) is 69.2 Å². The number of pyridine rings is 6. The molecule has 3 saturated heterocycles. The molecule has 12 aromatic rings. The quantitative estimate of drug-likeness (QED) is 0.0614. The summed E-state index contributed by atoms with van der Waals surface area (Å²) in [5.41, 5.74) is -7.43. The van der Waals surface area contributed by atoms with Gasteiger partial charge in [0.05, 0.1) is 110 Å². The van der Waals surface area contributed by atoms with Crippen LogP contribution in [0.1, 0.15) is 141 Å². The van der Waals surface area contributed by atoms with Crippen molar-refractivity contribution in [2.45, 2.75) is 161 Å². The first kappa shape index (κ1) is 90.4. The predicted octanol–water partition coefficient (Wildman–Crippen LogP) is 21.0. The minimum atomic E-state index is -5.83. The summed E-state index contributed by atoms with van der Waals surface area (Å²) in [6.45, 7) is 42.0. The molecule has 22 nitrogen and oxygen atoms in total. The summed E-state index contributed by atoms with van der Waals surface area (Å²) < 4.78 is 121. The number of benzene rings is 3. The van der Waals surface area contributed by atoms with Gasteiger partial charge in [0.25, 0.3) is 16.7 Å². The highest BCUT2D eigenvalue weighted by atomic mass is 35.5. The third-order valence-electron chi connectivity index (χ3n) is 24.9. The van der Waals surface area contributed by atoms with Crippen molar-refractivity contribution >= 4 is 92.8 Å². The van der Waals surface area contributed by atoms with Gasteiger partial charge in [0.2, 0.25) is 0 Å². The van der Waals surface area contributed by atoms with Gasteiger partial charge in [-0.3, -0.25) is 28.0 Å². The Balaban J connectivity index is 1.02. The normalized spacial score (nSPS) is 15.5. The molecular formula is C96H111Cl3F3N12O10P. The van der Waals surface area contributed by atoms with Gasteiger partial charge < -0.3 is 56.3 Å². The number of nitrogens with zero attached hydrogens (tertiary/aromatic N) is 12. The van der Waals surface area contributed by atoms with Crippen molar-refractivity contribution in [3.63, 3.8) is 0 Å². The number of phosphoric ester groups is 1. The molecule has 0 N–H and O–H groups in total. The zero-order valence-corrected chi connectivity index (χ0v) is 77.5. The van der Waals surface area contributed by atoms with Crippen molar-refractivity contribution in [1.82, 2.24) is 42.4 Å². The second kappa shape index (κ2) is 33.7. The second-order valence-corrected chi connectivity index (χ2v) is 41.8. The van der Waals surface area contributed by atoms with Crippen molar-refractivity contribution in [2.75, 3.05) is 93.6 Å². The summed E-state index contributed by atoms with van der Waals surface area (Å²) in [5, 5.41) is 1.57. The van der Waals surface area contributed by atoms with E-state index in [-0.39, 0.29) is 51.4 Å². The summed E-state index contributed by atoms with van der Waals surface area (Å²) in [6.07, 6.45) is 16.0. The average molecular weight is 1790 g/mol. The Kier molecular flexibility index (Phi) is 24.4. The molecule has 0 bridgehead atoms. The van der Waals surface area contributed by atoms with Gasteiger partial charge in [0.15, 0.2) is 17.2 Å². The van der Waals surface area contributed by atoms with Gasteiger partial charge in [-0.25, -0.2) is 32.7 Å². The van der Waals surface area contributed by atoms with Gasteiger partial charge in [-0.2, -0.15) is 0 Å². The van der Waals surface area contributed by atoms with E-state index in [0.717, 1.165) is 17.1 Å². The van der Waals surface area contributed by atoms with Gasteiger partial charge in [0, 0.05) is 177 Å². The van der Waals surface area contributed by atoms with Gasteiger partial charge in [-0.05, 0) is 71.3 Å². The lowest BCUT2D eigenvalue weighted by molar-refractivity contribution is -0.259. The molecule has 3 fully saturated rings. The van der Waals surface area contributed by atoms with Crippen molar-refractivity contribution in [1.29, 1.82) is 0 Å². The van der Waals surface area contributed by atoms with Crippen LogP contribution in [0.5, 0.6) is 0 Å². The van der Waals surface area contributed by atoms with Crippen LogP contribution in [0.4, 0.5) is 30.2 Å². The molecule has 662 valence electrons. The number of anilines is 3. The molecule has 9 aromatic heterocycles. The van der Waals surface area contributed by atoms with E-state index in [9.17, 15) is 14.4 Å². The number of hydrogen-bond acceptors (Lipinski definition) is 16. The van der Waals surface area contributed by atoms with E-state index in [0.29, 0.717) is 145 Å². The van der Waals surface area contributed by atoms with E-state index >= 15 is 17.7 Å². The van der Waals surface area contributed by atoms with E-state index in [1.807, 2.05) is 212 Å². The molecule has 0 amide bonds. The highest BCUT2D eigenvalue weighted by molar-refractivity contribution is 7.48. The number of phosphoric acid groups is 1. The zero-order valence-electron chi connectivity index (χ0n) is 74.4. The highest BCUT2D eigenvalue weighted by Gasteiger charge is 2.68. The molecule has 3 aromatic carbocycles. The highest BCUT2D eigenvalue weighted by Crippen LogP contribution is 2.73. The van der Waals surface area contributed by atoms with Crippen LogP contribution in [0.2, 0.25) is 15.1 Å². The average Bonchev–Trinajstić information content (AvgIpc) is 1.62. The van der Waals surface area contributed by atoms with Gasteiger partial charge in [-0.15, -0.1) is 0 Å². The number of fused-ring (bicyclic) bond motifs is 3. The summed E-state index contributed by atoms with van der Waals surface area (Å²) >= 11 is 19.0. The minimum Gasteiger partial charge on any atom is -0.378 e. The van der Waals surface area contributed by atoms with E-state index in [4.69, 9.17) is 77.5 Å². The van der Waals surface area contributed by atoms with E-state index < -0.39 is 91.6 Å². The second-order valence-electron chi connectivity index (χ2n) is 39.2. The number of rotatable bonds is 21. The SMILES string of the molecule is CC(C)(C)C(OP(=O)(OC(n1cc(-c2ccn(Cc3cccc(Cl)c3F)c(=O)c2)c2cc(N3CCOCC3)cnc21)(C(C)(C)C)C(C)(C)C)OC(n1cc(-c2ccn(Cc3cccc(Cl)c3F)c(=O)c2)c2cc(N3CCOCC3)cnc21)(C(C)(C)C)C(C)(C)C)(n1cc(-c2ccn(Cc3cccc(Cl)c3F)c(=O)c2)c2cc(N3CCOCC3)cnc21)C(C)(C)C. The smallest absolute Gasteiger partial charge is 0.378 e. The summed E-state index contributed by atoms with van der Waals surface area (Å²) in [7, 11) is -5.83. The fraction of sp³-hybridized carbons (Fsp3) is 0.438. The van der Waals surface area contributed by atoms with Crippen molar-refractivity contribution in [3.05, 3.63) is 245 Å². The van der Waals surface area contributed by atoms with Gasteiger partial charge in [0.1, 0.15) is 34.4 Å². The molecule has 0 aliphatic carbocycles. The maximum absolute atomic E-state index is 20.1. The molecule has 15 rings (SSSR count). The molecule has 0 atom stereocenters. The van der Waals surface area contributed by atoms with Crippen LogP contribution in [0.15, 0.2) is 179 Å². The predicted molar refractivity (Wildman–Crippen MR) is 490 cm³/mol. The fourth-order valence-electron chi connectivity index (χ4n) is 19.7. The Labute approximate surface area is 742 Å². The Bertz CT molecular complexity index is 5710. The van der Waals surface area contributed by atoms with Crippen molar-refractivity contribution in [2.24, 2.45) is 32.5 Å². The number of morpholine rings is 3. The fourth-order valence-corrected chi connectivity index (χ4v) is 23.3. The van der Waals surface area contributed by atoms with Crippen LogP contribution >= 0.6 is 42.6 Å². The molecule has 0 radical (unpaired) electrons. The van der Waals surface area contributed by atoms with Crippen LogP contribution in [0, 0.1) is 49.9 Å². The molecule has 29 heteroatoms. The van der Waals surface area contributed by atoms with Crippen LogP contribution < -0.4 is 31.4 Å². The largest absolute Gasteiger partial charge is 0.481 e. The standard InChI is InChI=1S/C96H111Cl3F3N12O10P/c1-88(2,3)94(89(4,5)6,112-58-73(70-49-67(52-103-85(70)112)106-34-40-119-41-35-106)61-28-31-109(79(115)46-61)55-64-22-19-25-76(97)82(64)100)122-125(118,123-95(90(7,8)9,91(10,11)12)113-59-74(71-50-68(53-104-86(71)113)107-36-42-120-43-37-107)62-29-32-110(80(116)47-62)56-65-23-20-26-77(98)83(65)101)124-96(92(13,14)15,93(16,17)18)114-60-75(72-51-69(54-105-87(72)114)108-38-44-121-45-39-108)63-30-33-111(81(117)48-63)57-66-24-21-27-78(99)84(66)102/h19-33,46-54,58-60H,34-45,55-57H2,1-18H3. The first-order valence-electron chi connectivity index (χ1n) is 42.4. The molecule has 3 aliphatic heterocycles. The number of aromatic nitrogens is 9. The zero-order chi connectivity index (χ0) is 89.8. The Morgan fingerprint density at radius 1 is 0.368 bits per heavy atom. The molecule has 0 unspecified atom stereocenters. The van der Waals surface area contributed by atoms with E-state index in [1.54, 1.807) is 55.0 Å². The van der Waals surface area contributed by atoms with E-state index in [2.05, 4.69) is 14.7 Å². The minimum absolute atomic E-state index is 0.0737. The molecule has 3 aliphatic rings. The number of hydrogen-bond donors (Lipinski definition) is 0. The third-order valence-corrected chi connectivity index (χ3v) is 27.2. The van der Waals surface area contributed by atoms with Crippen LogP contribution in [-0.4, -0.2) is 121 Å². The molecule has 125 heavy (non-hydrogen) atoms.